The van der Waals surface area contributed by atoms with E-state index in [4.69, 9.17) is 10.5 Å². The van der Waals surface area contributed by atoms with Crippen molar-refractivity contribution in [2.45, 2.75) is 18.6 Å². The topological polar surface area (TPSA) is 64.4 Å². The number of hydrogen-bond donors (Lipinski definition) is 2. The fourth-order valence-corrected chi connectivity index (χ4v) is 2.65. The number of carbonyl (C=O) groups is 1. The number of primary amides is 1. The molecule has 3 N–H and O–H groups in total. The first-order chi connectivity index (χ1) is 10.2. The number of carbonyl (C=O) groups excluding carboxylic acids is 1. The Kier molecular flexibility index (Phi) is 3.88. The van der Waals surface area contributed by atoms with Crippen molar-refractivity contribution in [1.82, 2.24) is 5.32 Å². The Balaban J connectivity index is 1.63. The molecule has 2 aromatic rings. The first-order valence-corrected chi connectivity index (χ1v) is 7.06. The minimum atomic E-state index is -0.487. The molecule has 0 saturated carbocycles. The van der Waals surface area contributed by atoms with Crippen molar-refractivity contribution in [3.8, 4) is 5.75 Å². The van der Waals surface area contributed by atoms with Crippen LogP contribution < -0.4 is 15.8 Å². The zero-order valence-electron chi connectivity index (χ0n) is 11.7. The summed E-state index contributed by atoms with van der Waals surface area (Å²) < 4.78 is 5.86. The Morgan fingerprint density at radius 1 is 1.19 bits per heavy atom. The second kappa shape index (κ2) is 5.97. The van der Waals surface area contributed by atoms with E-state index in [0.29, 0.717) is 6.54 Å². The van der Waals surface area contributed by atoms with Gasteiger partial charge in [-0.3, -0.25) is 10.1 Å². The van der Waals surface area contributed by atoms with E-state index in [2.05, 4.69) is 11.4 Å². The molecule has 0 fully saturated rings. The Hall–Kier alpha value is -2.33. The standard InChI is InChI=1S/C17H18N2O2/c18-17(20)16(12-6-2-1-3-7-12)19-11-14-10-13-8-4-5-9-15(13)21-14/h1-9,14,16,19H,10-11H2,(H2,18,20)/t14-,16+/m0/s1. The van der Waals surface area contributed by atoms with E-state index in [0.717, 1.165) is 17.7 Å². The zero-order valence-corrected chi connectivity index (χ0v) is 11.7. The van der Waals surface area contributed by atoms with Crippen LogP contribution in [0.2, 0.25) is 0 Å². The van der Waals surface area contributed by atoms with Crippen LogP contribution in [0.15, 0.2) is 54.6 Å². The maximum atomic E-state index is 11.6. The number of amides is 1. The number of nitrogens with one attached hydrogen (secondary N) is 1. The average molecular weight is 282 g/mol. The maximum Gasteiger partial charge on any atom is 0.239 e. The normalized spacial score (nSPS) is 17.8. The van der Waals surface area contributed by atoms with Gasteiger partial charge >= 0.3 is 0 Å². The monoisotopic (exact) mass is 282 g/mol. The summed E-state index contributed by atoms with van der Waals surface area (Å²) in [6.45, 7) is 0.581. The number of nitrogens with two attached hydrogens (primary N) is 1. The molecule has 21 heavy (non-hydrogen) atoms. The lowest BCUT2D eigenvalue weighted by molar-refractivity contribution is -0.120. The summed E-state index contributed by atoms with van der Waals surface area (Å²) in [6, 6.07) is 17.0. The second-order valence-corrected chi connectivity index (χ2v) is 5.21. The quantitative estimate of drug-likeness (QED) is 0.879. The Labute approximate surface area is 123 Å². The highest BCUT2D eigenvalue weighted by molar-refractivity contribution is 5.81. The predicted molar refractivity (Wildman–Crippen MR) is 80.9 cm³/mol. The number of benzene rings is 2. The number of ether oxygens (including phenoxy) is 1. The van der Waals surface area contributed by atoms with Gasteiger partial charge in [-0.2, -0.15) is 0 Å². The summed E-state index contributed by atoms with van der Waals surface area (Å²) in [4.78, 5) is 11.6. The molecular weight excluding hydrogens is 264 g/mol. The van der Waals surface area contributed by atoms with Gasteiger partial charge in [0, 0.05) is 13.0 Å². The van der Waals surface area contributed by atoms with Crippen LogP contribution in [0.25, 0.3) is 0 Å². The van der Waals surface area contributed by atoms with Crippen LogP contribution in [0.1, 0.15) is 17.2 Å². The van der Waals surface area contributed by atoms with Gasteiger partial charge in [0.2, 0.25) is 5.91 Å². The third-order valence-electron chi connectivity index (χ3n) is 3.68. The van der Waals surface area contributed by atoms with E-state index in [-0.39, 0.29) is 12.0 Å². The third kappa shape index (κ3) is 3.06. The Bertz CT molecular complexity index is 603. The van der Waals surface area contributed by atoms with Crippen LogP contribution in [0.4, 0.5) is 0 Å². The van der Waals surface area contributed by atoms with Gasteiger partial charge in [0.25, 0.3) is 0 Å². The summed E-state index contributed by atoms with van der Waals surface area (Å²) in [6.07, 6.45) is 0.886. The Morgan fingerprint density at radius 2 is 1.90 bits per heavy atom. The van der Waals surface area contributed by atoms with Crippen molar-refractivity contribution in [3.05, 3.63) is 65.7 Å². The molecule has 0 bridgehead atoms. The van der Waals surface area contributed by atoms with E-state index >= 15 is 0 Å². The van der Waals surface area contributed by atoms with Crippen molar-refractivity contribution >= 4 is 5.91 Å². The molecule has 4 nitrogen and oxygen atoms in total. The number of fused-ring (bicyclic) bond motifs is 1. The molecule has 108 valence electrons. The van der Waals surface area contributed by atoms with Crippen LogP contribution in [-0.4, -0.2) is 18.6 Å². The van der Waals surface area contributed by atoms with Crippen LogP contribution in [0.5, 0.6) is 5.75 Å². The highest BCUT2D eigenvalue weighted by Crippen LogP contribution is 2.28. The fraction of sp³-hybridized carbons (Fsp3) is 0.235. The van der Waals surface area contributed by atoms with Crippen LogP contribution >= 0.6 is 0 Å². The van der Waals surface area contributed by atoms with Crippen molar-refractivity contribution in [2.24, 2.45) is 5.73 Å². The third-order valence-corrected chi connectivity index (χ3v) is 3.68. The number of para-hydroxylation sites is 1. The van der Waals surface area contributed by atoms with Gasteiger partial charge in [0.05, 0.1) is 0 Å². The highest BCUT2D eigenvalue weighted by Gasteiger charge is 2.24. The molecule has 1 amide bonds. The van der Waals surface area contributed by atoms with E-state index in [1.54, 1.807) is 0 Å². The lowest BCUT2D eigenvalue weighted by Crippen LogP contribution is -2.39. The lowest BCUT2D eigenvalue weighted by atomic mass is 10.1. The summed E-state index contributed by atoms with van der Waals surface area (Å²) >= 11 is 0. The molecule has 1 aliphatic rings. The molecule has 0 aliphatic carbocycles. The lowest BCUT2D eigenvalue weighted by Gasteiger charge is -2.18. The number of rotatable bonds is 5. The predicted octanol–water partition coefficient (Wildman–Crippen LogP) is 1.81. The van der Waals surface area contributed by atoms with Gasteiger partial charge in [0.15, 0.2) is 0 Å². The van der Waals surface area contributed by atoms with Crippen molar-refractivity contribution < 1.29 is 9.53 Å². The summed E-state index contributed by atoms with van der Waals surface area (Å²) in [7, 11) is 0. The van der Waals surface area contributed by atoms with Crippen molar-refractivity contribution in [2.75, 3.05) is 6.54 Å². The second-order valence-electron chi connectivity index (χ2n) is 5.21. The van der Waals surface area contributed by atoms with E-state index in [1.807, 2.05) is 48.5 Å². The smallest absolute Gasteiger partial charge is 0.239 e. The molecule has 0 spiro atoms. The number of hydrogen-bond acceptors (Lipinski definition) is 3. The SMILES string of the molecule is NC(=O)[C@H](NC[C@@H]1Cc2ccccc2O1)c1ccccc1. The summed E-state index contributed by atoms with van der Waals surface area (Å²) in [5.41, 5.74) is 7.58. The molecule has 0 saturated heterocycles. The maximum absolute atomic E-state index is 11.6. The van der Waals surface area contributed by atoms with Crippen molar-refractivity contribution in [1.29, 1.82) is 0 Å². The summed E-state index contributed by atoms with van der Waals surface area (Å²) in [5.74, 6) is 0.552. The van der Waals surface area contributed by atoms with Gasteiger partial charge in [0.1, 0.15) is 17.9 Å². The van der Waals surface area contributed by atoms with Gasteiger partial charge in [-0.25, -0.2) is 0 Å². The van der Waals surface area contributed by atoms with E-state index in [9.17, 15) is 4.79 Å². The van der Waals surface area contributed by atoms with Crippen LogP contribution in [0, 0.1) is 0 Å². The molecule has 0 radical (unpaired) electrons. The summed E-state index contributed by atoms with van der Waals surface area (Å²) in [5, 5.41) is 3.21. The van der Waals surface area contributed by atoms with Gasteiger partial charge in [-0.1, -0.05) is 48.5 Å². The molecule has 1 aliphatic heterocycles. The molecule has 1 heterocycles. The molecule has 2 atom stereocenters. The van der Waals surface area contributed by atoms with E-state index < -0.39 is 6.04 Å². The first kappa shape index (κ1) is 13.6. The van der Waals surface area contributed by atoms with Crippen molar-refractivity contribution in [3.63, 3.8) is 0 Å². The average Bonchev–Trinajstić information content (AvgIpc) is 2.91. The van der Waals surface area contributed by atoms with E-state index in [1.165, 1.54) is 5.56 Å². The molecular formula is C17H18N2O2. The van der Waals surface area contributed by atoms with Crippen LogP contribution in [0.3, 0.4) is 0 Å². The minimum Gasteiger partial charge on any atom is -0.488 e. The molecule has 0 unspecified atom stereocenters. The largest absolute Gasteiger partial charge is 0.488 e. The van der Waals surface area contributed by atoms with Gasteiger partial charge in [-0.05, 0) is 17.2 Å². The highest BCUT2D eigenvalue weighted by atomic mass is 16.5. The van der Waals surface area contributed by atoms with Gasteiger partial charge in [-0.15, -0.1) is 0 Å². The van der Waals surface area contributed by atoms with Crippen LogP contribution in [-0.2, 0) is 11.2 Å². The molecule has 0 aromatic heterocycles. The molecule has 2 aromatic carbocycles. The minimum absolute atomic E-state index is 0.0352. The molecule has 3 rings (SSSR count). The molecule has 4 heteroatoms. The first-order valence-electron chi connectivity index (χ1n) is 7.06. The Morgan fingerprint density at radius 3 is 2.62 bits per heavy atom. The fourth-order valence-electron chi connectivity index (χ4n) is 2.65. The van der Waals surface area contributed by atoms with Gasteiger partial charge < -0.3 is 10.5 Å². The zero-order chi connectivity index (χ0) is 14.7.